The minimum Gasteiger partial charge on any atom is -0.394 e. The van der Waals surface area contributed by atoms with Gasteiger partial charge in [0.2, 0.25) is 5.91 Å². The molecular formula is C50H81NO8. The number of aliphatic hydroxyl groups excluding tert-OH is 5. The molecule has 1 aliphatic rings. The molecule has 0 aromatic carbocycles. The van der Waals surface area contributed by atoms with E-state index in [1.807, 2.05) is 6.08 Å². The lowest BCUT2D eigenvalue weighted by Gasteiger charge is -2.40. The first-order chi connectivity index (χ1) is 28.8. The van der Waals surface area contributed by atoms with E-state index in [0.29, 0.717) is 6.42 Å². The molecule has 0 aromatic rings. The molecule has 0 bridgehead atoms. The highest BCUT2D eigenvalue weighted by Crippen LogP contribution is 2.22. The van der Waals surface area contributed by atoms with Crippen molar-refractivity contribution in [3.63, 3.8) is 0 Å². The molecule has 0 saturated carbocycles. The van der Waals surface area contributed by atoms with Gasteiger partial charge in [0.1, 0.15) is 24.4 Å². The molecule has 7 unspecified atom stereocenters. The highest BCUT2D eigenvalue weighted by atomic mass is 16.7. The zero-order chi connectivity index (χ0) is 43.0. The molecule has 0 aromatic heterocycles. The molecule has 9 heteroatoms. The monoisotopic (exact) mass is 824 g/mol. The van der Waals surface area contributed by atoms with E-state index in [1.165, 1.54) is 19.3 Å². The summed E-state index contributed by atoms with van der Waals surface area (Å²) in [4.78, 5) is 12.9. The third kappa shape index (κ3) is 29.7. The number of nitrogens with one attached hydrogen (secondary N) is 1. The zero-order valence-electron chi connectivity index (χ0n) is 36.5. The van der Waals surface area contributed by atoms with E-state index in [1.54, 1.807) is 6.08 Å². The molecule has 7 atom stereocenters. The van der Waals surface area contributed by atoms with Gasteiger partial charge in [-0.05, 0) is 83.5 Å². The zero-order valence-corrected chi connectivity index (χ0v) is 36.5. The average Bonchev–Trinajstić information content (AvgIpc) is 3.23. The maximum absolute atomic E-state index is 12.9. The van der Waals surface area contributed by atoms with Crippen molar-refractivity contribution in [1.29, 1.82) is 0 Å². The first kappa shape index (κ1) is 53.9. The van der Waals surface area contributed by atoms with Crippen LogP contribution in [0.5, 0.6) is 0 Å². The Hall–Kier alpha value is -3.15. The van der Waals surface area contributed by atoms with Crippen molar-refractivity contribution in [3.05, 3.63) is 109 Å². The molecule has 1 rings (SSSR count). The van der Waals surface area contributed by atoms with Crippen molar-refractivity contribution in [2.24, 2.45) is 0 Å². The van der Waals surface area contributed by atoms with E-state index in [2.05, 4.69) is 116 Å². The van der Waals surface area contributed by atoms with Crippen LogP contribution < -0.4 is 5.32 Å². The van der Waals surface area contributed by atoms with Crippen molar-refractivity contribution in [2.45, 2.75) is 185 Å². The van der Waals surface area contributed by atoms with Crippen LogP contribution in [0.2, 0.25) is 0 Å². The van der Waals surface area contributed by atoms with Gasteiger partial charge in [0.15, 0.2) is 6.29 Å². The van der Waals surface area contributed by atoms with Crippen LogP contribution in [-0.2, 0) is 14.3 Å². The first-order valence-electron chi connectivity index (χ1n) is 22.6. The molecule has 1 saturated heterocycles. The van der Waals surface area contributed by atoms with Crippen LogP contribution >= 0.6 is 0 Å². The smallest absolute Gasteiger partial charge is 0.220 e. The molecule has 0 spiro atoms. The standard InChI is InChI=1S/C50H81NO8/c1-3-5-7-9-11-12-13-14-15-16-17-18-19-20-21-22-23-24-25-26-27-28-29-30-31-32-34-36-38-40-46(54)51-43(44(53)39-37-35-33-10-8-6-4-2)42-58-50-49(57)48(56)47(55)45(41-52)59-50/h5,7,11-12,14-15,17-18,20-21,23-24,26-27,29-30,37,39,43-45,47-50,52-53,55-57H,3-4,6,8-10,13,16,19,22,25,28,31-36,38,40-42H2,1-2H3,(H,51,54)/b7-5-,12-11-,15-14-,18-17-,21-20-,24-23-,27-26-,30-29-,39-37+. The van der Waals surface area contributed by atoms with E-state index < -0.39 is 49.5 Å². The fraction of sp³-hybridized carbons (Fsp3) is 0.620. The summed E-state index contributed by atoms with van der Waals surface area (Å²) in [5.41, 5.74) is 0. The van der Waals surface area contributed by atoms with Gasteiger partial charge in [-0.2, -0.15) is 0 Å². The number of ether oxygens (including phenoxy) is 2. The predicted molar refractivity (Wildman–Crippen MR) is 244 cm³/mol. The number of carbonyl (C=O) groups is 1. The summed E-state index contributed by atoms with van der Waals surface area (Å²) < 4.78 is 11.1. The van der Waals surface area contributed by atoms with Crippen LogP contribution in [0.15, 0.2) is 109 Å². The Bertz CT molecular complexity index is 1280. The summed E-state index contributed by atoms with van der Waals surface area (Å²) in [6.07, 6.45) is 50.2. The lowest BCUT2D eigenvalue weighted by atomic mass is 9.99. The Morgan fingerprint density at radius 1 is 0.593 bits per heavy atom. The number of carbonyl (C=O) groups excluding carboxylic acids is 1. The highest BCUT2D eigenvalue weighted by molar-refractivity contribution is 5.76. The maximum Gasteiger partial charge on any atom is 0.220 e. The predicted octanol–water partition coefficient (Wildman–Crippen LogP) is 9.50. The van der Waals surface area contributed by atoms with E-state index in [9.17, 15) is 30.3 Å². The Labute approximate surface area is 357 Å². The lowest BCUT2D eigenvalue weighted by molar-refractivity contribution is -0.302. The molecule has 334 valence electrons. The van der Waals surface area contributed by atoms with Gasteiger partial charge >= 0.3 is 0 Å². The number of allylic oxidation sites excluding steroid dienone is 17. The third-order valence-electron chi connectivity index (χ3n) is 9.85. The molecular weight excluding hydrogens is 743 g/mol. The fourth-order valence-corrected chi connectivity index (χ4v) is 6.23. The van der Waals surface area contributed by atoms with E-state index in [-0.39, 0.29) is 12.5 Å². The number of aliphatic hydroxyl groups is 5. The minimum atomic E-state index is -1.58. The Balaban J connectivity index is 2.25. The number of hydrogen-bond acceptors (Lipinski definition) is 8. The summed E-state index contributed by atoms with van der Waals surface area (Å²) in [6, 6.07) is -0.823. The van der Waals surface area contributed by atoms with Gasteiger partial charge in [0.25, 0.3) is 0 Å². The lowest BCUT2D eigenvalue weighted by Crippen LogP contribution is -2.60. The van der Waals surface area contributed by atoms with Gasteiger partial charge in [0, 0.05) is 6.42 Å². The Morgan fingerprint density at radius 3 is 1.54 bits per heavy atom. The SMILES string of the molecule is CC/C=C\C/C=C\C/C=C\C/C=C\C/C=C\C/C=C\C/C=C\C/C=C\CCCCCCC(=O)NC(COC1OC(CO)C(O)C(O)C1O)C(O)/C=C/CCCCCCC. The van der Waals surface area contributed by atoms with Crippen LogP contribution in [0.25, 0.3) is 0 Å². The van der Waals surface area contributed by atoms with E-state index in [0.717, 1.165) is 103 Å². The molecule has 6 N–H and O–H groups in total. The van der Waals surface area contributed by atoms with Crippen molar-refractivity contribution in [2.75, 3.05) is 13.2 Å². The molecule has 9 nitrogen and oxygen atoms in total. The first-order valence-corrected chi connectivity index (χ1v) is 22.6. The summed E-state index contributed by atoms with van der Waals surface area (Å²) >= 11 is 0. The van der Waals surface area contributed by atoms with Crippen LogP contribution in [-0.4, -0.2) is 87.5 Å². The van der Waals surface area contributed by atoms with Crippen molar-refractivity contribution in [3.8, 4) is 0 Å². The second kappa shape index (κ2) is 39.0. The van der Waals surface area contributed by atoms with Crippen LogP contribution in [0.4, 0.5) is 0 Å². The van der Waals surface area contributed by atoms with Crippen molar-refractivity contribution in [1.82, 2.24) is 5.32 Å². The van der Waals surface area contributed by atoms with E-state index in [4.69, 9.17) is 9.47 Å². The molecule has 1 aliphatic heterocycles. The second-order valence-electron chi connectivity index (χ2n) is 15.1. The van der Waals surface area contributed by atoms with Gasteiger partial charge in [-0.1, -0.05) is 162 Å². The molecule has 1 fully saturated rings. The largest absolute Gasteiger partial charge is 0.394 e. The van der Waals surface area contributed by atoms with Gasteiger partial charge in [-0.3, -0.25) is 4.79 Å². The number of rotatable bonds is 35. The molecule has 59 heavy (non-hydrogen) atoms. The number of unbranched alkanes of at least 4 members (excludes halogenated alkanes) is 9. The molecule has 1 heterocycles. The summed E-state index contributed by atoms with van der Waals surface area (Å²) in [5, 5.41) is 53.8. The third-order valence-corrected chi connectivity index (χ3v) is 9.85. The van der Waals surface area contributed by atoms with Gasteiger partial charge in [0.05, 0.1) is 25.4 Å². The minimum absolute atomic E-state index is 0.208. The number of hydrogen-bond donors (Lipinski definition) is 6. The van der Waals surface area contributed by atoms with E-state index >= 15 is 0 Å². The Morgan fingerprint density at radius 2 is 1.05 bits per heavy atom. The molecule has 0 radical (unpaired) electrons. The summed E-state index contributed by atoms with van der Waals surface area (Å²) in [6.45, 7) is 3.54. The highest BCUT2D eigenvalue weighted by Gasteiger charge is 2.44. The molecule has 0 aliphatic carbocycles. The summed E-state index contributed by atoms with van der Waals surface area (Å²) in [7, 11) is 0. The quantitative estimate of drug-likeness (QED) is 0.0274. The van der Waals surface area contributed by atoms with Crippen molar-refractivity contribution >= 4 is 5.91 Å². The summed E-state index contributed by atoms with van der Waals surface area (Å²) in [5.74, 6) is -0.213. The van der Waals surface area contributed by atoms with Crippen LogP contribution in [0.3, 0.4) is 0 Å². The molecule has 1 amide bonds. The van der Waals surface area contributed by atoms with Crippen molar-refractivity contribution < 1.29 is 39.8 Å². The second-order valence-corrected chi connectivity index (χ2v) is 15.1. The normalized spacial score (nSPS) is 21.8. The van der Waals surface area contributed by atoms with Crippen LogP contribution in [0.1, 0.15) is 142 Å². The number of amides is 1. The maximum atomic E-state index is 12.9. The van der Waals surface area contributed by atoms with Crippen LogP contribution in [0, 0.1) is 0 Å². The Kier molecular flexibility index (Phi) is 35.6. The topological polar surface area (TPSA) is 149 Å². The fourth-order valence-electron chi connectivity index (χ4n) is 6.23. The van der Waals surface area contributed by atoms with Gasteiger partial charge in [-0.15, -0.1) is 0 Å². The average molecular weight is 824 g/mol. The van der Waals surface area contributed by atoms with Gasteiger partial charge < -0.3 is 40.3 Å². The van der Waals surface area contributed by atoms with Gasteiger partial charge in [-0.25, -0.2) is 0 Å².